The number of oxime groups is 1. The van der Waals surface area contributed by atoms with Crippen molar-refractivity contribution in [1.29, 1.82) is 0 Å². The molecule has 0 radical (unpaired) electrons. The Morgan fingerprint density at radius 3 is 2.87 bits per heavy atom. The highest BCUT2D eigenvalue weighted by Crippen LogP contribution is 2.25. The quantitative estimate of drug-likeness (QED) is 0.487. The molecule has 120 valence electrons. The molecule has 2 aliphatic rings. The van der Waals surface area contributed by atoms with Gasteiger partial charge in [0.2, 0.25) is 0 Å². The lowest BCUT2D eigenvalue weighted by molar-refractivity contribution is 0.171. The van der Waals surface area contributed by atoms with Gasteiger partial charge in [0.1, 0.15) is 12.4 Å². The van der Waals surface area contributed by atoms with Gasteiger partial charge >= 0.3 is 0 Å². The van der Waals surface area contributed by atoms with E-state index in [0.717, 1.165) is 30.0 Å². The molecule has 4 nitrogen and oxygen atoms in total. The van der Waals surface area contributed by atoms with Gasteiger partial charge in [-0.25, -0.2) is 0 Å². The van der Waals surface area contributed by atoms with Crippen LogP contribution in [0.3, 0.4) is 0 Å². The largest absolute Gasteiger partial charge is 0.497 e. The molecule has 0 saturated carbocycles. The highest BCUT2D eigenvalue weighted by atomic mass is 16.6. The van der Waals surface area contributed by atoms with Gasteiger partial charge in [0.05, 0.1) is 12.8 Å². The van der Waals surface area contributed by atoms with Crippen LogP contribution in [-0.4, -0.2) is 44.0 Å². The smallest absolute Gasteiger partial charge is 0.136 e. The summed E-state index contributed by atoms with van der Waals surface area (Å²) in [6, 6.07) is 7.72. The fourth-order valence-electron chi connectivity index (χ4n) is 2.89. The van der Waals surface area contributed by atoms with Gasteiger partial charge in [-0.2, -0.15) is 0 Å². The fourth-order valence-corrected chi connectivity index (χ4v) is 2.89. The second-order valence-electron chi connectivity index (χ2n) is 5.96. The minimum absolute atomic E-state index is 0.472. The molecule has 2 fully saturated rings. The van der Waals surface area contributed by atoms with E-state index >= 15 is 0 Å². The number of nitrogens with zero attached hydrogens (tertiary/aromatic N) is 2. The number of fused-ring (bicyclic) bond motifs is 2. The molecular weight excluding hydrogens is 288 g/mol. The molecule has 0 aliphatic carbocycles. The summed E-state index contributed by atoms with van der Waals surface area (Å²) < 4.78 is 5.13. The summed E-state index contributed by atoms with van der Waals surface area (Å²) in [7, 11) is 1.66. The molecule has 2 bridgehead atoms. The van der Waals surface area contributed by atoms with Crippen LogP contribution in [0.5, 0.6) is 5.75 Å². The summed E-state index contributed by atoms with van der Waals surface area (Å²) in [5, 5.41) is 4.28. The van der Waals surface area contributed by atoms with Crippen molar-refractivity contribution in [3.63, 3.8) is 0 Å². The van der Waals surface area contributed by atoms with Crippen molar-refractivity contribution >= 4 is 5.71 Å². The number of rotatable bonds is 4. The lowest BCUT2D eigenvalue weighted by atomic mass is 10.0. The molecule has 0 aromatic heterocycles. The number of benzene rings is 1. The van der Waals surface area contributed by atoms with Crippen molar-refractivity contribution in [2.24, 2.45) is 11.1 Å². The molecule has 4 heteroatoms. The summed E-state index contributed by atoms with van der Waals surface area (Å²) in [6.07, 6.45) is 3.19. The summed E-state index contributed by atoms with van der Waals surface area (Å²) in [5.74, 6) is 7.71. The molecule has 2 atom stereocenters. The van der Waals surface area contributed by atoms with Crippen LogP contribution in [0.4, 0.5) is 0 Å². The first-order valence-electron chi connectivity index (χ1n) is 7.98. The highest BCUT2D eigenvalue weighted by molar-refractivity contribution is 5.91. The van der Waals surface area contributed by atoms with Gasteiger partial charge in [0.25, 0.3) is 0 Å². The molecule has 2 saturated heterocycles. The van der Waals surface area contributed by atoms with E-state index in [9.17, 15) is 0 Å². The Morgan fingerprint density at radius 2 is 2.22 bits per heavy atom. The van der Waals surface area contributed by atoms with Crippen LogP contribution in [0.25, 0.3) is 0 Å². The predicted octanol–water partition coefficient (Wildman–Crippen LogP) is 2.70. The number of methoxy groups -OCH3 is 1. The monoisotopic (exact) mass is 310 g/mol. The zero-order valence-corrected chi connectivity index (χ0v) is 13.7. The van der Waals surface area contributed by atoms with E-state index in [2.05, 4.69) is 21.9 Å². The van der Waals surface area contributed by atoms with Crippen molar-refractivity contribution in [2.45, 2.75) is 13.3 Å². The highest BCUT2D eigenvalue weighted by Gasteiger charge is 2.35. The standard InChI is InChI=1S/C19H22N2O2/c1-15(3-4-16-5-7-18(22-2)8-6-16)10-12-23-20-19-14-21-11-9-17(19)13-21/h5-8,10,17H,9,11-14H2,1-2H3/b15-10-,20-19-. The Morgan fingerprint density at radius 1 is 1.39 bits per heavy atom. The Labute approximate surface area is 137 Å². The Hall–Kier alpha value is -2.25. The van der Waals surface area contributed by atoms with Gasteiger partial charge in [-0.1, -0.05) is 17.0 Å². The zero-order valence-electron chi connectivity index (χ0n) is 13.7. The van der Waals surface area contributed by atoms with E-state index in [-0.39, 0.29) is 0 Å². The number of allylic oxidation sites excluding steroid dienone is 1. The maximum atomic E-state index is 5.42. The van der Waals surface area contributed by atoms with Crippen molar-refractivity contribution in [2.75, 3.05) is 33.4 Å². The molecule has 2 heterocycles. The predicted molar refractivity (Wildman–Crippen MR) is 91.6 cm³/mol. The molecule has 2 aliphatic heterocycles. The lowest BCUT2D eigenvalue weighted by Gasteiger charge is -2.12. The van der Waals surface area contributed by atoms with Gasteiger partial charge < -0.3 is 9.57 Å². The lowest BCUT2D eigenvalue weighted by Crippen LogP contribution is -2.23. The minimum Gasteiger partial charge on any atom is -0.497 e. The molecule has 2 unspecified atom stereocenters. The first-order chi connectivity index (χ1) is 11.2. The van der Waals surface area contributed by atoms with Crippen molar-refractivity contribution in [3.8, 4) is 17.6 Å². The summed E-state index contributed by atoms with van der Waals surface area (Å²) in [4.78, 5) is 7.85. The average Bonchev–Trinajstić information content (AvgIpc) is 3.20. The third-order valence-corrected chi connectivity index (χ3v) is 4.27. The first kappa shape index (κ1) is 15.6. The fraction of sp³-hybridized carbons (Fsp3) is 0.421. The van der Waals surface area contributed by atoms with E-state index in [4.69, 9.17) is 9.57 Å². The topological polar surface area (TPSA) is 34.1 Å². The molecule has 0 amide bonds. The molecule has 1 aromatic rings. The number of hydrogen-bond donors (Lipinski definition) is 0. The normalized spacial score (nSPS) is 24.4. The third-order valence-electron chi connectivity index (χ3n) is 4.27. The van der Waals surface area contributed by atoms with Crippen LogP contribution < -0.4 is 4.74 Å². The molecule has 0 N–H and O–H groups in total. The Bertz CT molecular complexity index is 665. The van der Waals surface area contributed by atoms with E-state index < -0.39 is 0 Å². The third kappa shape index (κ3) is 4.14. The van der Waals surface area contributed by atoms with E-state index in [0.29, 0.717) is 12.5 Å². The molecule has 23 heavy (non-hydrogen) atoms. The van der Waals surface area contributed by atoms with E-state index in [1.807, 2.05) is 37.3 Å². The number of hydrogen-bond acceptors (Lipinski definition) is 4. The maximum absolute atomic E-state index is 5.42. The maximum Gasteiger partial charge on any atom is 0.136 e. The molecule has 3 rings (SSSR count). The second-order valence-corrected chi connectivity index (χ2v) is 5.96. The molecular formula is C19H22N2O2. The average molecular weight is 310 g/mol. The van der Waals surface area contributed by atoms with Gasteiger partial charge in [-0.3, -0.25) is 4.90 Å². The van der Waals surface area contributed by atoms with Crippen LogP contribution >= 0.6 is 0 Å². The zero-order chi connectivity index (χ0) is 16.1. The first-order valence-corrected chi connectivity index (χ1v) is 7.98. The molecule has 1 aromatic carbocycles. The van der Waals surface area contributed by atoms with E-state index in [1.54, 1.807) is 7.11 Å². The van der Waals surface area contributed by atoms with Crippen LogP contribution in [-0.2, 0) is 4.84 Å². The van der Waals surface area contributed by atoms with Crippen LogP contribution in [0, 0.1) is 17.8 Å². The second kappa shape index (κ2) is 7.34. The summed E-state index contributed by atoms with van der Waals surface area (Å²) >= 11 is 0. The van der Waals surface area contributed by atoms with Crippen LogP contribution in [0.2, 0.25) is 0 Å². The van der Waals surface area contributed by atoms with Crippen molar-refractivity contribution in [1.82, 2.24) is 4.90 Å². The minimum atomic E-state index is 0.472. The van der Waals surface area contributed by atoms with Gasteiger partial charge in [-0.05, 0) is 55.8 Å². The SMILES string of the molecule is COc1ccc(C#C/C(C)=C\CO/N=C2/CN3CCC2C3)cc1. The van der Waals surface area contributed by atoms with Crippen molar-refractivity contribution in [3.05, 3.63) is 41.5 Å². The number of ether oxygens (including phenoxy) is 1. The summed E-state index contributed by atoms with van der Waals surface area (Å²) in [5.41, 5.74) is 3.15. The van der Waals surface area contributed by atoms with Crippen LogP contribution in [0.15, 0.2) is 41.1 Å². The Kier molecular flexibility index (Phi) is 4.99. The van der Waals surface area contributed by atoms with Gasteiger partial charge in [0.15, 0.2) is 0 Å². The molecule has 0 spiro atoms. The van der Waals surface area contributed by atoms with Gasteiger partial charge in [-0.15, -0.1) is 0 Å². The Balaban J connectivity index is 1.48. The van der Waals surface area contributed by atoms with Crippen molar-refractivity contribution < 1.29 is 9.57 Å². The van der Waals surface area contributed by atoms with E-state index in [1.165, 1.54) is 18.7 Å². The number of piperidine rings is 1. The van der Waals surface area contributed by atoms with Crippen LogP contribution in [0.1, 0.15) is 18.9 Å². The summed E-state index contributed by atoms with van der Waals surface area (Å²) in [6.45, 7) is 5.80. The van der Waals surface area contributed by atoms with Gasteiger partial charge in [0, 0.05) is 24.6 Å².